The average Bonchev–Trinajstić information content (AvgIpc) is 3.25. The number of nitrogens with two attached hydrogens (primary N) is 1. The van der Waals surface area contributed by atoms with Gasteiger partial charge in [0.05, 0.1) is 16.3 Å². The molecule has 0 atom stereocenters. The molecule has 0 aliphatic carbocycles. The molecule has 158 valence electrons. The number of nitrogens with zero attached hydrogens (tertiary/aromatic N) is 4. The van der Waals surface area contributed by atoms with E-state index in [1.165, 1.54) is 10.6 Å². The number of sulfone groups is 1. The van der Waals surface area contributed by atoms with Crippen LogP contribution in [0.25, 0.3) is 28.3 Å². The zero-order valence-corrected chi connectivity index (χ0v) is 18.0. The highest BCUT2D eigenvalue weighted by molar-refractivity contribution is 7.91. The minimum Gasteiger partial charge on any atom is -0.399 e. The molecular formula is C24H19N5O2S. The maximum Gasteiger partial charge on any atom is 0.274 e. The van der Waals surface area contributed by atoms with E-state index in [-0.39, 0.29) is 15.8 Å². The van der Waals surface area contributed by atoms with Gasteiger partial charge in [-0.15, -0.1) is 5.10 Å². The fourth-order valence-corrected chi connectivity index (χ4v) is 4.93. The summed E-state index contributed by atoms with van der Waals surface area (Å²) in [4.78, 5) is 9.04. The van der Waals surface area contributed by atoms with Gasteiger partial charge in [-0.05, 0) is 36.8 Å². The molecule has 0 fully saturated rings. The first-order valence-corrected chi connectivity index (χ1v) is 11.4. The van der Waals surface area contributed by atoms with Crippen LogP contribution in [0, 0.1) is 6.92 Å². The van der Waals surface area contributed by atoms with E-state index in [9.17, 15) is 8.42 Å². The van der Waals surface area contributed by atoms with Crippen LogP contribution in [-0.4, -0.2) is 28.0 Å². The fraction of sp³-hybridized carbons (Fsp3) is 0.0417. The van der Waals surface area contributed by atoms with E-state index in [2.05, 4.69) is 15.1 Å². The molecule has 0 radical (unpaired) electrons. The SMILES string of the molecule is Cc1cc(N)ccc1S(=O)(=O)c1nc2nc(-c3ccccc3)cc(-c3ccccc3)n2n1. The first-order valence-electron chi connectivity index (χ1n) is 9.93. The highest BCUT2D eigenvalue weighted by Crippen LogP contribution is 2.28. The number of hydrogen-bond acceptors (Lipinski definition) is 6. The molecule has 2 N–H and O–H groups in total. The Hall–Kier alpha value is -4.04. The highest BCUT2D eigenvalue weighted by atomic mass is 32.2. The summed E-state index contributed by atoms with van der Waals surface area (Å²) in [5.41, 5.74) is 9.95. The number of fused-ring (bicyclic) bond motifs is 1. The van der Waals surface area contributed by atoms with Gasteiger partial charge in [-0.2, -0.15) is 9.50 Å². The molecule has 32 heavy (non-hydrogen) atoms. The van der Waals surface area contributed by atoms with Gasteiger partial charge in [0.15, 0.2) is 0 Å². The van der Waals surface area contributed by atoms with Crippen LogP contribution < -0.4 is 5.73 Å². The summed E-state index contributed by atoms with van der Waals surface area (Å²) in [6.07, 6.45) is 0. The Morgan fingerprint density at radius 3 is 2.12 bits per heavy atom. The Labute approximate surface area is 185 Å². The van der Waals surface area contributed by atoms with Crippen molar-refractivity contribution in [3.8, 4) is 22.5 Å². The van der Waals surface area contributed by atoms with E-state index in [1.807, 2.05) is 66.7 Å². The van der Waals surface area contributed by atoms with Crippen LogP contribution in [0.3, 0.4) is 0 Å². The number of hydrogen-bond donors (Lipinski definition) is 1. The molecule has 0 saturated heterocycles. The van der Waals surface area contributed by atoms with Crippen molar-refractivity contribution in [2.24, 2.45) is 0 Å². The third kappa shape index (κ3) is 3.40. The molecule has 7 nitrogen and oxygen atoms in total. The second kappa shape index (κ2) is 7.58. The lowest BCUT2D eigenvalue weighted by atomic mass is 10.1. The Balaban J connectivity index is 1.76. The number of anilines is 1. The van der Waals surface area contributed by atoms with Gasteiger partial charge in [0, 0.05) is 16.8 Å². The Morgan fingerprint density at radius 2 is 1.47 bits per heavy atom. The van der Waals surface area contributed by atoms with Crippen molar-refractivity contribution in [1.82, 2.24) is 19.6 Å². The van der Waals surface area contributed by atoms with Crippen LogP contribution >= 0.6 is 0 Å². The molecular weight excluding hydrogens is 422 g/mol. The Kier molecular flexibility index (Phi) is 4.71. The molecule has 5 aromatic rings. The van der Waals surface area contributed by atoms with Crippen molar-refractivity contribution >= 4 is 21.3 Å². The van der Waals surface area contributed by atoms with Gasteiger partial charge < -0.3 is 5.73 Å². The summed E-state index contributed by atoms with van der Waals surface area (Å²) in [7, 11) is -3.96. The summed E-state index contributed by atoms with van der Waals surface area (Å²) in [6.45, 7) is 1.69. The summed E-state index contributed by atoms with van der Waals surface area (Å²) < 4.78 is 28.1. The van der Waals surface area contributed by atoms with Gasteiger partial charge in [-0.1, -0.05) is 60.7 Å². The lowest BCUT2D eigenvalue weighted by Gasteiger charge is -2.07. The molecule has 2 heterocycles. The van der Waals surface area contributed by atoms with E-state index >= 15 is 0 Å². The van der Waals surface area contributed by atoms with Gasteiger partial charge in [-0.25, -0.2) is 13.4 Å². The molecule has 0 spiro atoms. The topological polar surface area (TPSA) is 103 Å². The van der Waals surface area contributed by atoms with Gasteiger partial charge in [-0.3, -0.25) is 0 Å². The Bertz CT molecular complexity index is 1550. The van der Waals surface area contributed by atoms with E-state index < -0.39 is 9.84 Å². The average molecular weight is 442 g/mol. The van der Waals surface area contributed by atoms with Crippen molar-refractivity contribution < 1.29 is 8.42 Å². The van der Waals surface area contributed by atoms with Crippen LogP contribution in [-0.2, 0) is 9.84 Å². The van der Waals surface area contributed by atoms with Gasteiger partial charge >= 0.3 is 0 Å². The van der Waals surface area contributed by atoms with E-state index in [4.69, 9.17) is 5.73 Å². The predicted octanol–water partition coefficient (Wildman–Crippen LogP) is 4.18. The fourth-order valence-electron chi connectivity index (χ4n) is 3.61. The lowest BCUT2D eigenvalue weighted by molar-refractivity contribution is 0.586. The van der Waals surface area contributed by atoms with Gasteiger partial charge in [0.25, 0.3) is 10.9 Å². The number of aromatic nitrogens is 4. The molecule has 5 rings (SSSR count). The van der Waals surface area contributed by atoms with Crippen molar-refractivity contribution in [1.29, 1.82) is 0 Å². The number of aryl methyl sites for hydroxylation is 1. The third-order valence-electron chi connectivity index (χ3n) is 5.16. The molecule has 8 heteroatoms. The predicted molar refractivity (Wildman–Crippen MR) is 123 cm³/mol. The smallest absolute Gasteiger partial charge is 0.274 e. The molecule has 0 bridgehead atoms. The van der Waals surface area contributed by atoms with E-state index in [1.54, 1.807) is 19.1 Å². The van der Waals surface area contributed by atoms with Crippen molar-refractivity contribution in [2.45, 2.75) is 17.0 Å². The first-order chi connectivity index (χ1) is 15.4. The van der Waals surface area contributed by atoms with Gasteiger partial charge in [0.2, 0.25) is 9.84 Å². The summed E-state index contributed by atoms with van der Waals surface area (Å²) in [6, 6.07) is 25.8. The summed E-state index contributed by atoms with van der Waals surface area (Å²) in [5, 5.41) is 4.05. The molecule has 3 aromatic carbocycles. The molecule has 0 aliphatic heterocycles. The van der Waals surface area contributed by atoms with Crippen molar-refractivity contribution in [3.63, 3.8) is 0 Å². The quantitative estimate of drug-likeness (QED) is 0.420. The lowest BCUT2D eigenvalue weighted by Crippen LogP contribution is -2.07. The largest absolute Gasteiger partial charge is 0.399 e. The van der Waals surface area contributed by atoms with Crippen molar-refractivity contribution in [2.75, 3.05) is 5.73 Å². The third-order valence-corrected chi connectivity index (χ3v) is 6.85. The number of nitrogen functional groups attached to an aromatic ring is 1. The minimum absolute atomic E-state index is 0.118. The summed E-state index contributed by atoms with van der Waals surface area (Å²) >= 11 is 0. The molecule has 0 saturated carbocycles. The number of benzene rings is 3. The van der Waals surface area contributed by atoms with Crippen LogP contribution in [0.15, 0.2) is 95.0 Å². The molecule has 0 unspecified atom stereocenters. The minimum atomic E-state index is -3.96. The van der Waals surface area contributed by atoms with Crippen LogP contribution in [0.1, 0.15) is 5.56 Å². The van der Waals surface area contributed by atoms with E-state index in [0.29, 0.717) is 22.6 Å². The normalized spacial score (nSPS) is 11.7. The first kappa shape index (κ1) is 19.9. The Morgan fingerprint density at radius 1 is 0.812 bits per heavy atom. The second-order valence-electron chi connectivity index (χ2n) is 7.39. The van der Waals surface area contributed by atoms with Crippen LogP contribution in [0.2, 0.25) is 0 Å². The summed E-state index contributed by atoms with van der Waals surface area (Å²) in [5.74, 6) is 0.205. The van der Waals surface area contributed by atoms with Crippen molar-refractivity contribution in [3.05, 3.63) is 90.5 Å². The molecule has 0 aliphatic rings. The maximum absolute atomic E-state index is 13.3. The molecule has 2 aromatic heterocycles. The zero-order valence-electron chi connectivity index (χ0n) is 17.2. The molecule has 0 amide bonds. The second-order valence-corrected chi connectivity index (χ2v) is 9.21. The van der Waals surface area contributed by atoms with E-state index in [0.717, 1.165) is 11.1 Å². The highest BCUT2D eigenvalue weighted by Gasteiger charge is 2.26. The monoisotopic (exact) mass is 441 g/mol. The zero-order chi connectivity index (χ0) is 22.3. The standard InChI is InChI=1S/C24H19N5O2S/c1-16-14-19(25)12-13-22(16)32(30,31)24-27-23-26-20(17-8-4-2-5-9-17)15-21(29(23)28-24)18-10-6-3-7-11-18/h2-15H,25H2,1H3. The maximum atomic E-state index is 13.3. The van der Waals surface area contributed by atoms with Crippen LogP contribution in [0.4, 0.5) is 5.69 Å². The van der Waals surface area contributed by atoms with Crippen LogP contribution in [0.5, 0.6) is 0 Å². The van der Waals surface area contributed by atoms with Gasteiger partial charge in [0.1, 0.15) is 0 Å². The number of rotatable bonds is 4.